The molecule has 0 unspecified atom stereocenters. The van der Waals surface area contributed by atoms with Crippen molar-refractivity contribution in [2.75, 3.05) is 0 Å². The summed E-state index contributed by atoms with van der Waals surface area (Å²) in [6.07, 6.45) is 7.58. The van der Waals surface area contributed by atoms with Crippen LogP contribution in [0.1, 0.15) is 11.5 Å². The lowest BCUT2D eigenvalue weighted by Gasteiger charge is -1.98. The summed E-state index contributed by atoms with van der Waals surface area (Å²) in [4.78, 5) is 4.04. The van der Waals surface area contributed by atoms with E-state index in [9.17, 15) is 0 Å². The highest BCUT2D eigenvalue weighted by Crippen LogP contribution is 2.13. The molecule has 0 saturated carbocycles. The van der Waals surface area contributed by atoms with Crippen molar-refractivity contribution in [1.82, 2.24) is 4.98 Å². The first kappa shape index (κ1) is 4.79. The van der Waals surface area contributed by atoms with Crippen LogP contribution in [0.15, 0.2) is 23.0 Å². The Balaban J connectivity index is 2.46. The van der Waals surface area contributed by atoms with Gasteiger partial charge in [0.1, 0.15) is 5.76 Å². The zero-order valence-electron chi connectivity index (χ0n) is 5.00. The molecule has 0 saturated heterocycles. The molecule has 1 aliphatic carbocycles. The Labute approximate surface area is 53.2 Å². The van der Waals surface area contributed by atoms with Gasteiger partial charge in [0.25, 0.3) is 0 Å². The molecule has 0 aliphatic heterocycles. The van der Waals surface area contributed by atoms with E-state index in [2.05, 4.69) is 17.1 Å². The highest BCUT2D eigenvalue weighted by Gasteiger charge is 2.07. The average Bonchev–Trinajstić information content (AvgIpc) is 2.33. The maximum atomic E-state index is 5.09. The smallest absolute Gasteiger partial charge is 0.181 e. The molecule has 0 atom stereocenters. The molecule has 1 aromatic rings. The van der Waals surface area contributed by atoms with Gasteiger partial charge in [0.15, 0.2) is 6.39 Å². The van der Waals surface area contributed by atoms with Gasteiger partial charge < -0.3 is 4.42 Å². The van der Waals surface area contributed by atoms with Gasteiger partial charge in [-0.3, -0.25) is 0 Å². The molecule has 1 aliphatic rings. The summed E-state index contributed by atoms with van der Waals surface area (Å²) < 4.78 is 5.09. The Hall–Kier alpha value is -1.05. The largest absolute Gasteiger partial charge is 0.448 e. The van der Waals surface area contributed by atoms with Crippen molar-refractivity contribution in [3.8, 4) is 0 Å². The minimum absolute atomic E-state index is 0.912. The summed E-state index contributed by atoms with van der Waals surface area (Å²) in [6.45, 7) is 0. The van der Waals surface area contributed by atoms with Gasteiger partial charge >= 0.3 is 0 Å². The van der Waals surface area contributed by atoms with Crippen LogP contribution < -0.4 is 0 Å². The third-order valence-electron chi connectivity index (χ3n) is 1.51. The Morgan fingerprint density at radius 2 is 2.22 bits per heavy atom. The van der Waals surface area contributed by atoms with Gasteiger partial charge in [-0.15, -0.1) is 0 Å². The van der Waals surface area contributed by atoms with Crippen molar-refractivity contribution in [1.29, 1.82) is 0 Å². The molecule has 2 rings (SSSR count). The maximum absolute atomic E-state index is 5.09. The van der Waals surface area contributed by atoms with Gasteiger partial charge in [-0.05, 0) is 0 Å². The normalized spacial score (nSPS) is 15.6. The topological polar surface area (TPSA) is 26.0 Å². The number of nitrogens with zero attached hydrogens (tertiary/aromatic N) is 1. The van der Waals surface area contributed by atoms with E-state index < -0.39 is 0 Å². The SMILES string of the molecule is C1=CCc2ocnc2C1. The molecule has 2 heteroatoms. The van der Waals surface area contributed by atoms with Crippen molar-refractivity contribution in [3.05, 3.63) is 30.0 Å². The van der Waals surface area contributed by atoms with Crippen LogP contribution in [0, 0.1) is 0 Å². The second-order valence-electron chi connectivity index (χ2n) is 2.10. The zero-order chi connectivity index (χ0) is 6.10. The number of fused-ring (bicyclic) bond motifs is 1. The second kappa shape index (κ2) is 1.72. The minimum Gasteiger partial charge on any atom is -0.448 e. The molecular formula is C7H7NO. The molecule has 0 spiro atoms. The van der Waals surface area contributed by atoms with Gasteiger partial charge in [0, 0.05) is 12.8 Å². The van der Waals surface area contributed by atoms with Crippen molar-refractivity contribution >= 4 is 0 Å². The van der Waals surface area contributed by atoms with Crippen molar-refractivity contribution < 1.29 is 4.42 Å². The minimum atomic E-state index is 0.912. The molecule has 0 radical (unpaired) electrons. The average molecular weight is 121 g/mol. The number of oxazole rings is 1. The first-order valence-electron chi connectivity index (χ1n) is 3.03. The van der Waals surface area contributed by atoms with E-state index in [-0.39, 0.29) is 0 Å². The summed E-state index contributed by atoms with van der Waals surface area (Å²) in [6, 6.07) is 0. The van der Waals surface area contributed by atoms with E-state index in [0.29, 0.717) is 0 Å². The molecule has 0 aromatic carbocycles. The highest BCUT2D eigenvalue weighted by atomic mass is 16.3. The van der Waals surface area contributed by atoms with Gasteiger partial charge in [-0.2, -0.15) is 0 Å². The third-order valence-corrected chi connectivity index (χ3v) is 1.51. The fourth-order valence-electron chi connectivity index (χ4n) is 1.01. The predicted octanol–water partition coefficient (Wildman–Crippen LogP) is 1.33. The van der Waals surface area contributed by atoms with Gasteiger partial charge in [0.05, 0.1) is 5.69 Å². The van der Waals surface area contributed by atoms with Crippen LogP contribution in [0.3, 0.4) is 0 Å². The fourth-order valence-corrected chi connectivity index (χ4v) is 1.01. The second-order valence-corrected chi connectivity index (χ2v) is 2.10. The lowest BCUT2D eigenvalue weighted by molar-refractivity contribution is 0.512. The molecule has 0 amide bonds. The Bertz CT molecular complexity index is 214. The van der Waals surface area contributed by atoms with Crippen LogP contribution in [-0.4, -0.2) is 4.98 Å². The van der Waals surface area contributed by atoms with Crippen LogP contribution >= 0.6 is 0 Å². The van der Waals surface area contributed by atoms with Crippen LogP contribution in [0.4, 0.5) is 0 Å². The first-order chi connectivity index (χ1) is 4.47. The number of hydrogen-bond acceptors (Lipinski definition) is 2. The van der Waals surface area contributed by atoms with E-state index >= 15 is 0 Å². The van der Waals surface area contributed by atoms with Crippen molar-refractivity contribution in [2.24, 2.45) is 0 Å². The van der Waals surface area contributed by atoms with E-state index in [4.69, 9.17) is 4.42 Å². The lowest BCUT2D eigenvalue weighted by atomic mass is 10.1. The predicted molar refractivity (Wildman–Crippen MR) is 33.1 cm³/mol. The molecule has 0 bridgehead atoms. The number of rotatable bonds is 0. The quantitative estimate of drug-likeness (QED) is 0.484. The molecule has 1 aromatic heterocycles. The van der Waals surface area contributed by atoms with Crippen molar-refractivity contribution in [2.45, 2.75) is 12.8 Å². The summed E-state index contributed by atoms with van der Waals surface area (Å²) in [7, 11) is 0. The van der Waals surface area contributed by atoms with Crippen LogP contribution in [-0.2, 0) is 12.8 Å². The fraction of sp³-hybridized carbons (Fsp3) is 0.286. The van der Waals surface area contributed by atoms with E-state index in [1.165, 1.54) is 6.39 Å². The van der Waals surface area contributed by atoms with Crippen molar-refractivity contribution in [3.63, 3.8) is 0 Å². The van der Waals surface area contributed by atoms with Crippen LogP contribution in [0.5, 0.6) is 0 Å². The first-order valence-corrected chi connectivity index (χ1v) is 3.03. The van der Waals surface area contributed by atoms with Gasteiger partial charge in [-0.1, -0.05) is 12.2 Å². The monoisotopic (exact) mass is 121 g/mol. The summed E-state index contributed by atoms with van der Waals surface area (Å²) in [5, 5.41) is 0. The Morgan fingerprint density at radius 1 is 1.33 bits per heavy atom. The molecule has 2 nitrogen and oxygen atoms in total. The molecule has 0 N–H and O–H groups in total. The molecule has 0 fully saturated rings. The Kier molecular flexibility index (Phi) is 0.918. The highest BCUT2D eigenvalue weighted by molar-refractivity contribution is 5.18. The molecule has 1 heterocycles. The van der Waals surface area contributed by atoms with Crippen LogP contribution in [0.2, 0.25) is 0 Å². The summed E-state index contributed by atoms with van der Waals surface area (Å²) in [5.41, 5.74) is 1.09. The number of hydrogen-bond donors (Lipinski definition) is 0. The number of aromatic nitrogens is 1. The lowest BCUT2D eigenvalue weighted by Crippen LogP contribution is -1.93. The molecule has 9 heavy (non-hydrogen) atoms. The maximum Gasteiger partial charge on any atom is 0.181 e. The summed E-state index contributed by atoms with van der Waals surface area (Å²) in [5.74, 6) is 1.03. The summed E-state index contributed by atoms with van der Waals surface area (Å²) >= 11 is 0. The van der Waals surface area contributed by atoms with Crippen LogP contribution in [0.25, 0.3) is 0 Å². The van der Waals surface area contributed by atoms with Gasteiger partial charge in [0.2, 0.25) is 0 Å². The molecular weight excluding hydrogens is 114 g/mol. The van der Waals surface area contributed by atoms with E-state index in [1.54, 1.807) is 0 Å². The Morgan fingerprint density at radius 3 is 3.11 bits per heavy atom. The zero-order valence-corrected chi connectivity index (χ0v) is 5.00. The number of allylic oxidation sites excluding steroid dienone is 2. The molecule has 46 valence electrons. The van der Waals surface area contributed by atoms with E-state index in [1.807, 2.05) is 0 Å². The van der Waals surface area contributed by atoms with E-state index in [0.717, 1.165) is 24.3 Å². The van der Waals surface area contributed by atoms with Gasteiger partial charge in [-0.25, -0.2) is 4.98 Å². The third kappa shape index (κ3) is 0.669. The standard InChI is InChI=1S/C7H7NO/c1-2-4-7-6(3-1)8-5-9-7/h1-2,5H,3-4H2.